The number of unbranched alkanes of at least 4 members (excludes halogenated alkanes) is 5. The molecule has 0 heterocycles. The number of rotatable bonds is 9. The van der Waals surface area contributed by atoms with Gasteiger partial charge in [0.15, 0.2) is 0 Å². The molecule has 4 atom stereocenters. The van der Waals surface area contributed by atoms with E-state index in [1.807, 2.05) is 0 Å². The molecule has 21 heavy (non-hydrogen) atoms. The van der Waals surface area contributed by atoms with Gasteiger partial charge in [-0.1, -0.05) is 52.9 Å². The summed E-state index contributed by atoms with van der Waals surface area (Å²) in [6.45, 7) is 7.67. The molecule has 0 aromatic rings. The minimum absolute atomic E-state index is 0.150. The number of fused-ring (bicyclic) bond motifs is 2. The molecule has 3 heteroatoms. The molecule has 3 rings (SSSR count). The van der Waals surface area contributed by atoms with Gasteiger partial charge in [0.2, 0.25) is 0 Å². The van der Waals surface area contributed by atoms with E-state index in [9.17, 15) is 10.2 Å². The largest absolute Gasteiger partial charge is 0.390 e. The average Bonchev–Trinajstić information content (AvgIpc) is 2.44. The zero-order valence-electron chi connectivity index (χ0n) is 14.1. The van der Waals surface area contributed by atoms with Crippen LogP contribution >= 0.6 is 0 Å². The fourth-order valence-corrected chi connectivity index (χ4v) is 4.39. The SMILES string of the molecule is CCCCCCCCOC[C@@]1(O)[C@H](O)C[C@@H]2C[C@H]1C2(C)C. The lowest BCUT2D eigenvalue weighted by atomic mass is 9.43. The van der Waals surface area contributed by atoms with Gasteiger partial charge in [-0.25, -0.2) is 0 Å². The second-order valence-corrected chi connectivity index (χ2v) is 7.87. The first-order valence-electron chi connectivity index (χ1n) is 8.91. The monoisotopic (exact) mass is 298 g/mol. The van der Waals surface area contributed by atoms with Crippen molar-refractivity contribution in [2.45, 2.75) is 83.8 Å². The van der Waals surface area contributed by atoms with Gasteiger partial charge in [0.25, 0.3) is 0 Å². The molecule has 3 aliphatic rings. The van der Waals surface area contributed by atoms with Gasteiger partial charge in [-0.2, -0.15) is 0 Å². The van der Waals surface area contributed by atoms with Crippen molar-refractivity contribution in [1.29, 1.82) is 0 Å². The van der Waals surface area contributed by atoms with Crippen molar-refractivity contribution in [3.63, 3.8) is 0 Å². The molecule has 124 valence electrons. The molecule has 0 saturated heterocycles. The highest BCUT2D eigenvalue weighted by molar-refractivity contribution is 5.14. The first-order valence-corrected chi connectivity index (χ1v) is 8.91. The van der Waals surface area contributed by atoms with E-state index < -0.39 is 11.7 Å². The summed E-state index contributed by atoms with van der Waals surface area (Å²) >= 11 is 0. The highest BCUT2D eigenvalue weighted by Gasteiger charge is 2.64. The molecule has 0 unspecified atom stereocenters. The van der Waals surface area contributed by atoms with Crippen LogP contribution in [0.1, 0.15) is 72.1 Å². The quantitative estimate of drug-likeness (QED) is 0.640. The van der Waals surface area contributed by atoms with Gasteiger partial charge in [0.05, 0.1) is 12.7 Å². The van der Waals surface area contributed by atoms with Crippen LogP contribution in [0.25, 0.3) is 0 Å². The van der Waals surface area contributed by atoms with Gasteiger partial charge in [-0.15, -0.1) is 0 Å². The Morgan fingerprint density at radius 2 is 1.71 bits per heavy atom. The lowest BCUT2D eigenvalue weighted by molar-refractivity contribution is -0.269. The van der Waals surface area contributed by atoms with E-state index in [0.29, 0.717) is 19.1 Å². The summed E-state index contributed by atoms with van der Waals surface area (Å²) in [5.74, 6) is 0.750. The minimum atomic E-state index is -1.03. The molecular formula is C18H34O3. The van der Waals surface area contributed by atoms with Crippen LogP contribution in [0.4, 0.5) is 0 Å². The van der Waals surface area contributed by atoms with Crippen molar-refractivity contribution in [1.82, 2.24) is 0 Å². The van der Waals surface area contributed by atoms with E-state index in [0.717, 1.165) is 19.3 Å². The smallest absolute Gasteiger partial charge is 0.117 e. The van der Waals surface area contributed by atoms with Crippen molar-refractivity contribution < 1.29 is 14.9 Å². The number of aliphatic hydroxyl groups is 2. The number of aliphatic hydroxyl groups excluding tert-OH is 1. The molecule has 3 aliphatic carbocycles. The van der Waals surface area contributed by atoms with Crippen molar-refractivity contribution in [3.8, 4) is 0 Å². The molecule has 2 bridgehead atoms. The van der Waals surface area contributed by atoms with Crippen LogP contribution in [0.3, 0.4) is 0 Å². The molecule has 0 radical (unpaired) electrons. The lowest BCUT2D eigenvalue weighted by Gasteiger charge is -2.64. The molecule has 3 fully saturated rings. The highest BCUT2D eigenvalue weighted by Crippen LogP contribution is 2.62. The molecule has 0 aromatic heterocycles. The predicted molar refractivity (Wildman–Crippen MR) is 85.1 cm³/mol. The average molecular weight is 298 g/mol. The summed E-state index contributed by atoms with van der Waals surface area (Å²) in [6, 6.07) is 0. The molecule has 0 aliphatic heterocycles. The molecular weight excluding hydrogens is 264 g/mol. The summed E-state index contributed by atoms with van der Waals surface area (Å²) in [6.07, 6.45) is 8.62. The highest BCUT2D eigenvalue weighted by atomic mass is 16.5. The second kappa shape index (κ2) is 6.97. The third-order valence-corrected chi connectivity index (χ3v) is 6.13. The van der Waals surface area contributed by atoms with Crippen LogP contribution in [0, 0.1) is 17.3 Å². The van der Waals surface area contributed by atoms with Crippen molar-refractivity contribution in [2.24, 2.45) is 17.3 Å². The summed E-state index contributed by atoms with van der Waals surface area (Å²) in [5, 5.41) is 21.1. The normalized spacial score (nSPS) is 37.3. The summed E-state index contributed by atoms with van der Waals surface area (Å²) in [4.78, 5) is 0. The Bertz CT molecular complexity index is 328. The van der Waals surface area contributed by atoms with Crippen molar-refractivity contribution in [2.75, 3.05) is 13.2 Å². The molecule has 3 saturated carbocycles. The van der Waals surface area contributed by atoms with E-state index in [1.54, 1.807) is 0 Å². The van der Waals surface area contributed by atoms with E-state index in [4.69, 9.17) is 4.74 Å². The van der Waals surface area contributed by atoms with Gasteiger partial charge >= 0.3 is 0 Å². The first kappa shape index (κ1) is 17.2. The van der Waals surface area contributed by atoms with E-state index in [2.05, 4.69) is 20.8 Å². The number of hydrogen-bond acceptors (Lipinski definition) is 3. The van der Waals surface area contributed by atoms with Gasteiger partial charge in [-0.3, -0.25) is 0 Å². The number of hydrogen-bond donors (Lipinski definition) is 2. The zero-order valence-corrected chi connectivity index (χ0v) is 14.1. The Morgan fingerprint density at radius 3 is 2.38 bits per heavy atom. The molecule has 3 nitrogen and oxygen atoms in total. The maximum atomic E-state index is 10.9. The van der Waals surface area contributed by atoms with Gasteiger partial charge in [0.1, 0.15) is 5.60 Å². The Hall–Kier alpha value is -0.120. The standard InChI is InChI=1S/C18H34O3/c1-4-5-6-7-8-9-10-21-13-18(20)15-11-14(12-16(18)19)17(15,2)3/h14-16,19-20H,4-13H2,1-3H3/t14-,15-,16+,18-/m0/s1. The fourth-order valence-electron chi connectivity index (χ4n) is 4.39. The summed E-state index contributed by atoms with van der Waals surface area (Å²) in [7, 11) is 0. The summed E-state index contributed by atoms with van der Waals surface area (Å²) < 4.78 is 5.73. The first-order chi connectivity index (χ1) is 9.93. The van der Waals surface area contributed by atoms with E-state index in [-0.39, 0.29) is 11.3 Å². The van der Waals surface area contributed by atoms with Gasteiger partial charge < -0.3 is 14.9 Å². The van der Waals surface area contributed by atoms with Crippen LogP contribution in [0.15, 0.2) is 0 Å². The Morgan fingerprint density at radius 1 is 1.05 bits per heavy atom. The molecule has 0 aromatic carbocycles. The summed E-state index contributed by atoms with van der Waals surface area (Å²) in [5.41, 5.74) is -0.877. The third-order valence-electron chi connectivity index (χ3n) is 6.13. The number of ether oxygens (including phenoxy) is 1. The Kier molecular flexibility index (Phi) is 5.72. The van der Waals surface area contributed by atoms with Gasteiger partial charge in [0, 0.05) is 6.61 Å². The van der Waals surface area contributed by atoms with E-state index >= 15 is 0 Å². The van der Waals surface area contributed by atoms with Crippen molar-refractivity contribution >= 4 is 0 Å². The van der Waals surface area contributed by atoms with Crippen LogP contribution in [0.2, 0.25) is 0 Å². The van der Waals surface area contributed by atoms with Crippen molar-refractivity contribution in [3.05, 3.63) is 0 Å². The third kappa shape index (κ3) is 3.46. The maximum absolute atomic E-state index is 10.9. The zero-order chi connectivity index (χ0) is 15.5. The second-order valence-electron chi connectivity index (χ2n) is 7.87. The minimum Gasteiger partial charge on any atom is -0.390 e. The molecule has 0 amide bonds. The molecule has 2 N–H and O–H groups in total. The van der Waals surface area contributed by atoms with Crippen LogP contribution in [-0.4, -0.2) is 35.1 Å². The fraction of sp³-hybridized carbons (Fsp3) is 1.00. The Balaban J connectivity index is 1.67. The van der Waals surface area contributed by atoms with Gasteiger partial charge in [-0.05, 0) is 36.5 Å². The Labute approximate surface area is 130 Å². The molecule has 0 spiro atoms. The maximum Gasteiger partial charge on any atom is 0.117 e. The van der Waals surface area contributed by atoms with Crippen LogP contribution in [-0.2, 0) is 4.74 Å². The topological polar surface area (TPSA) is 49.7 Å². The lowest BCUT2D eigenvalue weighted by Crippen LogP contribution is -2.69. The predicted octanol–water partition coefficient (Wildman–Crippen LogP) is 3.52. The van der Waals surface area contributed by atoms with Crippen LogP contribution < -0.4 is 0 Å². The van der Waals surface area contributed by atoms with Crippen LogP contribution in [0.5, 0.6) is 0 Å². The van der Waals surface area contributed by atoms with E-state index in [1.165, 1.54) is 32.1 Å².